The zero-order valence-corrected chi connectivity index (χ0v) is 50.1. The minimum Gasteiger partial charge on any atom is -0.454 e. The molecule has 2 aliphatic heterocycles. The van der Waals surface area contributed by atoms with Gasteiger partial charge >= 0.3 is 12.1 Å². The molecule has 22 atom stereocenters. The van der Waals surface area contributed by atoms with Gasteiger partial charge in [0.15, 0.2) is 17.3 Å². The largest absolute Gasteiger partial charge is 0.509 e. The predicted octanol–water partition coefficient (Wildman–Crippen LogP) is 13.5. The fraction of sp³-hybridized carbons (Fsp3) is 0.826. The first-order valence-electron chi connectivity index (χ1n) is 15.8. The summed E-state index contributed by atoms with van der Waals surface area (Å²) in [6, 6.07) is 0. The van der Waals surface area contributed by atoms with Crippen LogP contribution in [0.5, 0.6) is 0 Å². The first-order chi connectivity index (χ1) is 24.0. The van der Waals surface area contributed by atoms with Gasteiger partial charge in [-0.05, 0) is 59.4 Å². The maximum Gasteiger partial charge on any atom is 0.509 e. The molecule has 5 aliphatic rings. The molecule has 2 saturated carbocycles. The highest BCUT2D eigenvalue weighted by Crippen LogP contribution is 3.17. The number of hydrogen-bond donors (Lipinski definition) is 1. The molecule has 0 aromatic carbocycles. The minimum absolute atomic E-state index is 0.165. The fourth-order valence-corrected chi connectivity index (χ4v) is 138. The van der Waals surface area contributed by atoms with Crippen LogP contribution in [-0.4, -0.2) is 65.6 Å². The molecule has 2 heterocycles. The molecule has 9 nitrogen and oxygen atoms in total. The molecule has 29 heteroatoms. The fourth-order valence-electron chi connectivity index (χ4n) is 8.91. The molecule has 1 N–H and O–H groups in total. The number of rotatable bonds is 12. The Hall–Kier alpha value is 6.92. The van der Waals surface area contributed by atoms with Crippen LogP contribution >= 0.6 is 162 Å². The number of ether oxygens (including phenoxy) is 4. The van der Waals surface area contributed by atoms with Crippen LogP contribution in [0.3, 0.4) is 0 Å². The van der Waals surface area contributed by atoms with Gasteiger partial charge in [-0.3, -0.25) is 4.79 Å². The van der Waals surface area contributed by atoms with Crippen LogP contribution in [0, 0.1) is 16.7 Å². The lowest BCUT2D eigenvalue weighted by molar-refractivity contribution is -0.342. The molecule has 0 aromatic heterocycles. The third-order valence-corrected chi connectivity index (χ3v) is 104. The van der Waals surface area contributed by atoms with E-state index in [1.807, 2.05) is 0 Å². The molecule has 2 bridgehead atoms. The van der Waals surface area contributed by atoms with E-state index < -0.39 is 128 Å². The van der Waals surface area contributed by atoms with Gasteiger partial charge in [0, 0.05) is 44.6 Å². The second kappa shape index (κ2) is 19.6. The topological polar surface area (TPSA) is 110 Å². The molecule has 2 saturated heterocycles. The van der Waals surface area contributed by atoms with Crippen LogP contribution < -0.4 is 0 Å². The van der Waals surface area contributed by atoms with Gasteiger partial charge in [-0.2, -0.15) is 0 Å². The molecule has 5 rings (SSSR count). The van der Waals surface area contributed by atoms with E-state index in [9.17, 15) is 14.7 Å². The van der Waals surface area contributed by atoms with Gasteiger partial charge in [-0.25, -0.2) is 4.79 Å². The predicted molar refractivity (Wildman–Crippen MR) is 275 cm³/mol. The Morgan fingerprint density at radius 1 is 0.865 bits per heavy atom. The van der Waals surface area contributed by atoms with Crippen molar-refractivity contribution in [2.75, 3.05) is 6.61 Å². The molecule has 0 radical (unpaired) electrons. The average molecular weight is 1090 g/mol. The summed E-state index contributed by atoms with van der Waals surface area (Å²) in [5, 5.41) is 12.8. The van der Waals surface area contributed by atoms with Crippen molar-refractivity contribution in [1.82, 2.24) is 0 Å². The Bertz CT molecular complexity index is 1390. The highest BCUT2D eigenvalue weighted by Gasteiger charge is 2.79. The van der Waals surface area contributed by atoms with Gasteiger partial charge in [0.25, 0.3) is 0 Å². The lowest BCUT2D eigenvalue weighted by atomic mass is 9.45. The summed E-state index contributed by atoms with van der Waals surface area (Å²) in [4.78, 5) is 26.8. The molecule has 13 unspecified atom stereocenters. The van der Waals surface area contributed by atoms with Crippen LogP contribution in [0.2, 0.25) is 0 Å². The van der Waals surface area contributed by atoms with Crippen molar-refractivity contribution >= 4 is 174 Å². The zero-order chi connectivity index (χ0) is 39.0. The van der Waals surface area contributed by atoms with Gasteiger partial charge in [0.05, 0.1) is 45.9 Å². The van der Waals surface area contributed by atoms with E-state index in [1.165, 1.54) is 6.92 Å². The second-order valence-corrected chi connectivity index (χ2v) is 86.6. The van der Waals surface area contributed by atoms with E-state index in [-0.39, 0.29) is 12.7 Å². The highest BCUT2D eigenvalue weighted by molar-refractivity contribution is 9.19. The Balaban J connectivity index is 1.74. The average Bonchev–Trinajstić information content (AvgIpc) is 3.31. The number of fused-ring (bicyclic) bond motifs is 5. The maximum atomic E-state index is 13.8. The van der Waals surface area contributed by atoms with Gasteiger partial charge < -0.3 is 33.1 Å². The van der Waals surface area contributed by atoms with Crippen molar-refractivity contribution in [3.8, 4) is 0 Å². The van der Waals surface area contributed by atoms with Crippen LogP contribution in [0.4, 0.5) is 4.79 Å². The van der Waals surface area contributed by atoms with Crippen molar-refractivity contribution in [3.63, 3.8) is 0 Å². The summed E-state index contributed by atoms with van der Waals surface area (Å²) in [6.07, 6.45) is -2.59. The first-order valence-corrected chi connectivity index (χ1v) is 50.5. The first kappa shape index (κ1) is 49.9. The van der Waals surface area contributed by atoms with Gasteiger partial charge in [0.2, 0.25) is 0 Å². The molecular weight excluding hydrogens is 1040 g/mol. The Labute approximate surface area is 344 Å². The standard InChI is InChI=1S/C23H52O9P20/c1-10-13(31-45(51(43)48(37)38)52(49(39)40)50(41)42)8-23-18(28-19(26)30-23)17-21(5,7-12(25)16(10)20(23,3)4)14(32-44(46(33)34)47(35)36)6-15-22(17,9-27-15)29-11(2)24/h12-15,17-18,25H,6-9,33-43H2,1-5H3/t12-,13+,14+,15-,17+,18+,21-,22+,23-,45?,51?/m1/s1. The molecule has 4 fully saturated rings. The summed E-state index contributed by atoms with van der Waals surface area (Å²) < 4.78 is 40.4. The van der Waals surface area contributed by atoms with Crippen molar-refractivity contribution < 1.29 is 42.7 Å². The third-order valence-electron chi connectivity index (χ3n) is 11.0. The molecule has 0 aromatic rings. The van der Waals surface area contributed by atoms with Crippen LogP contribution in [0.25, 0.3) is 0 Å². The quantitative estimate of drug-likeness (QED) is 0.116. The molecule has 0 amide bonds. The maximum absolute atomic E-state index is 13.8. The van der Waals surface area contributed by atoms with Crippen molar-refractivity contribution in [2.45, 2.75) is 95.6 Å². The Kier molecular flexibility index (Phi) is 18.8. The summed E-state index contributed by atoms with van der Waals surface area (Å²) in [5.41, 5.74) is -2.14. The third kappa shape index (κ3) is 9.36. The van der Waals surface area contributed by atoms with Gasteiger partial charge in [0.1, 0.15) is 6.10 Å². The van der Waals surface area contributed by atoms with E-state index >= 15 is 0 Å². The lowest BCUT2D eigenvalue weighted by Gasteiger charge is -2.67. The minimum atomic E-state index is -1.24. The number of carbonyl (C=O) groups is 2. The smallest absolute Gasteiger partial charge is 0.454 e. The van der Waals surface area contributed by atoms with E-state index in [0.717, 1.165) is 11.1 Å². The highest BCUT2D eigenvalue weighted by atomic mass is 33.2. The Morgan fingerprint density at radius 3 is 1.94 bits per heavy atom. The molecule has 52 heavy (non-hydrogen) atoms. The van der Waals surface area contributed by atoms with Crippen LogP contribution in [0.1, 0.15) is 53.9 Å². The van der Waals surface area contributed by atoms with Crippen LogP contribution in [-0.2, 0) is 32.8 Å². The number of aliphatic hydroxyl groups excluding tert-OH is 1. The molecular formula is C23H52O9P20. The number of carbonyl (C=O) groups excluding carboxylic acids is 2. The summed E-state index contributed by atoms with van der Waals surface area (Å²) >= 11 is 0. The summed E-state index contributed by atoms with van der Waals surface area (Å²) in [7, 11) is 31.4. The lowest BCUT2D eigenvalue weighted by Crippen LogP contribution is -2.79. The van der Waals surface area contributed by atoms with Gasteiger partial charge in [-0.1, -0.05) is 29.7 Å². The van der Waals surface area contributed by atoms with E-state index in [1.54, 1.807) is 0 Å². The zero-order valence-electron chi connectivity index (χ0n) is 29.4. The summed E-state index contributed by atoms with van der Waals surface area (Å²) in [6.45, 7) is 6.38. The van der Waals surface area contributed by atoms with E-state index in [0.29, 0.717) is 19.3 Å². The van der Waals surface area contributed by atoms with E-state index in [4.69, 9.17) is 28.0 Å². The summed E-state index contributed by atoms with van der Waals surface area (Å²) in [5.74, 6) is -1.02. The monoisotopic (exact) mass is 1090 g/mol. The van der Waals surface area contributed by atoms with Crippen molar-refractivity contribution in [1.29, 1.82) is 0 Å². The Morgan fingerprint density at radius 2 is 1.46 bits per heavy atom. The number of aliphatic hydroxyl groups is 1. The second-order valence-electron chi connectivity index (χ2n) is 14.2. The van der Waals surface area contributed by atoms with Crippen molar-refractivity contribution in [3.05, 3.63) is 11.1 Å². The van der Waals surface area contributed by atoms with Crippen LogP contribution in [0.15, 0.2) is 11.1 Å². The number of esters is 1. The SMILES string of the molecule is CC(=O)O[C@@]12CO[C@@H]1C[C@H](OP(P(P)P)P(P)P)[C@@]1(C)C[C@@H](O)C3=C(C)[C@@H](OP(P(P)P(P)P)P(P(P)P)P(P)P)C[C@]4(OC(=O)O[C@H]4[C@@H]12)C3(C)C. The van der Waals surface area contributed by atoms with E-state index in [2.05, 4.69) is 126 Å². The van der Waals surface area contributed by atoms with Crippen molar-refractivity contribution in [2.24, 2.45) is 16.7 Å². The van der Waals surface area contributed by atoms with Gasteiger partial charge in [-0.15, -0.1) is 89.3 Å². The molecule has 298 valence electrons. The molecule has 3 aliphatic carbocycles. The normalized spacial score (nSPS) is 38.1. The molecule has 1 spiro atoms. The number of hydrogen-bond acceptors (Lipinski definition) is 9.